The number of benzene rings is 3. The Kier molecular flexibility index (Phi) is 5.20. The number of ether oxygens (including phenoxy) is 4. The summed E-state index contributed by atoms with van der Waals surface area (Å²) in [4.78, 5) is 12.5. The molecule has 0 aliphatic carbocycles. The van der Waals surface area contributed by atoms with Gasteiger partial charge in [0.05, 0.1) is 20.4 Å². The van der Waals surface area contributed by atoms with Crippen LogP contribution in [0.2, 0.25) is 0 Å². The maximum Gasteiger partial charge on any atom is 0.284 e. The van der Waals surface area contributed by atoms with Gasteiger partial charge in [-0.25, -0.2) is 5.43 Å². The number of carbonyl (C=O) groups is 1. The Bertz CT molecular complexity index is 1080. The highest BCUT2D eigenvalue weighted by molar-refractivity contribution is 5.88. The van der Waals surface area contributed by atoms with Gasteiger partial charge in [0.15, 0.2) is 11.5 Å². The highest BCUT2D eigenvalue weighted by Gasteiger charge is 2.27. The predicted octanol–water partition coefficient (Wildman–Crippen LogP) is 3.15. The molecule has 1 N–H and O–H groups in total. The standard InChI is InChI=1S/C22H20N2O5/c1-26-17-7-8-18(27-2)16(9-17)12-23-24-22(25)21-13-28-19-10-14-5-3-4-6-15(14)11-20(19)29-21/h3-12,21H,13H2,1-2H3,(H,24,25)/b23-12-. The third-order valence-corrected chi connectivity index (χ3v) is 4.58. The fraction of sp³-hybridized carbons (Fsp3) is 0.182. The number of hydrogen-bond donors (Lipinski definition) is 1. The number of carbonyl (C=O) groups excluding carboxylic acids is 1. The van der Waals surface area contributed by atoms with Crippen LogP contribution >= 0.6 is 0 Å². The summed E-state index contributed by atoms with van der Waals surface area (Å²) < 4.78 is 22.0. The number of rotatable bonds is 5. The van der Waals surface area contributed by atoms with Crippen LogP contribution in [0.3, 0.4) is 0 Å². The van der Waals surface area contributed by atoms with Crippen LogP contribution in [0.25, 0.3) is 10.8 Å². The third kappa shape index (κ3) is 3.94. The monoisotopic (exact) mass is 392 g/mol. The molecule has 0 aromatic heterocycles. The van der Waals surface area contributed by atoms with Crippen LogP contribution in [-0.4, -0.2) is 39.1 Å². The van der Waals surface area contributed by atoms with Gasteiger partial charge in [0.25, 0.3) is 5.91 Å². The van der Waals surface area contributed by atoms with Crippen molar-refractivity contribution in [1.82, 2.24) is 5.43 Å². The molecule has 4 rings (SSSR count). The van der Waals surface area contributed by atoms with Crippen LogP contribution in [0.5, 0.6) is 23.0 Å². The first kappa shape index (κ1) is 18.6. The Morgan fingerprint density at radius 3 is 2.55 bits per heavy atom. The summed E-state index contributed by atoms with van der Waals surface area (Å²) in [5, 5.41) is 6.07. The molecule has 1 atom stereocenters. The van der Waals surface area contributed by atoms with Crippen molar-refractivity contribution in [3.63, 3.8) is 0 Å². The number of nitrogens with one attached hydrogen (secondary N) is 1. The van der Waals surface area contributed by atoms with Gasteiger partial charge in [-0.15, -0.1) is 0 Å². The van der Waals surface area contributed by atoms with E-state index in [-0.39, 0.29) is 6.61 Å². The van der Waals surface area contributed by atoms with Crippen molar-refractivity contribution in [1.29, 1.82) is 0 Å². The van der Waals surface area contributed by atoms with E-state index in [1.165, 1.54) is 6.21 Å². The second kappa shape index (κ2) is 8.10. The summed E-state index contributed by atoms with van der Waals surface area (Å²) in [6.45, 7) is 0.106. The van der Waals surface area contributed by atoms with E-state index < -0.39 is 12.0 Å². The molecular weight excluding hydrogens is 372 g/mol. The molecule has 0 spiro atoms. The van der Waals surface area contributed by atoms with Crippen LogP contribution < -0.4 is 24.4 Å². The van der Waals surface area contributed by atoms with Crippen LogP contribution in [0.15, 0.2) is 59.7 Å². The minimum absolute atomic E-state index is 0.106. The zero-order valence-electron chi connectivity index (χ0n) is 16.0. The van der Waals surface area contributed by atoms with Crippen molar-refractivity contribution in [2.24, 2.45) is 5.10 Å². The van der Waals surface area contributed by atoms with Crippen LogP contribution in [0.4, 0.5) is 0 Å². The van der Waals surface area contributed by atoms with Crippen molar-refractivity contribution in [3.05, 3.63) is 60.2 Å². The lowest BCUT2D eigenvalue weighted by Crippen LogP contribution is -2.42. The molecule has 1 amide bonds. The predicted molar refractivity (Wildman–Crippen MR) is 109 cm³/mol. The van der Waals surface area contributed by atoms with Gasteiger partial charge in [-0.2, -0.15) is 5.10 Å². The van der Waals surface area contributed by atoms with Crippen molar-refractivity contribution in [2.75, 3.05) is 20.8 Å². The molecule has 7 heteroatoms. The lowest BCUT2D eigenvalue weighted by atomic mass is 10.1. The normalized spacial score (nSPS) is 15.3. The summed E-state index contributed by atoms with van der Waals surface area (Å²) in [6, 6.07) is 17.0. The smallest absolute Gasteiger partial charge is 0.284 e. The zero-order valence-corrected chi connectivity index (χ0v) is 16.0. The highest BCUT2D eigenvalue weighted by atomic mass is 16.6. The van der Waals surface area contributed by atoms with Crippen LogP contribution in [-0.2, 0) is 4.79 Å². The van der Waals surface area contributed by atoms with Crippen molar-refractivity contribution < 1.29 is 23.7 Å². The summed E-state index contributed by atoms with van der Waals surface area (Å²) in [6.07, 6.45) is 0.692. The Morgan fingerprint density at radius 1 is 1.07 bits per heavy atom. The fourth-order valence-electron chi connectivity index (χ4n) is 3.06. The molecule has 148 valence electrons. The zero-order chi connectivity index (χ0) is 20.2. The molecule has 1 aliphatic heterocycles. The lowest BCUT2D eigenvalue weighted by molar-refractivity contribution is -0.130. The topological polar surface area (TPSA) is 78.4 Å². The summed E-state index contributed by atoms with van der Waals surface area (Å²) in [5.74, 6) is 2.03. The molecule has 0 saturated carbocycles. The van der Waals surface area contributed by atoms with Gasteiger partial charge in [-0.3, -0.25) is 4.79 Å². The number of hydrogen-bond acceptors (Lipinski definition) is 6. The van der Waals surface area contributed by atoms with Gasteiger partial charge in [0, 0.05) is 5.56 Å². The van der Waals surface area contributed by atoms with E-state index in [0.29, 0.717) is 28.6 Å². The first-order valence-electron chi connectivity index (χ1n) is 9.05. The SMILES string of the molecule is COc1ccc(OC)c(/C=N\NC(=O)C2COc3cc4ccccc4cc3O2)c1. The summed E-state index contributed by atoms with van der Waals surface area (Å²) >= 11 is 0. The Balaban J connectivity index is 1.45. The number of hydrazone groups is 1. The van der Waals surface area contributed by atoms with Gasteiger partial charge in [-0.1, -0.05) is 24.3 Å². The maximum atomic E-state index is 12.5. The van der Waals surface area contributed by atoms with Gasteiger partial charge >= 0.3 is 0 Å². The Labute approximate surface area is 167 Å². The second-order valence-electron chi connectivity index (χ2n) is 6.41. The molecule has 3 aromatic rings. The van der Waals surface area contributed by atoms with E-state index in [2.05, 4.69) is 10.5 Å². The molecule has 0 fully saturated rings. The molecule has 3 aromatic carbocycles. The third-order valence-electron chi connectivity index (χ3n) is 4.58. The van der Waals surface area contributed by atoms with E-state index in [4.69, 9.17) is 18.9 Å². The van der Waals surface area contributed by atoms with E-state index in [9.17, 15) is 4.79 Å². The minimum atomic E-state index is -0.798. The van der Waals surface area contributed by atoms with Gasteiger partial charge < -0.3 is 18.9 Å². The molecule has 29 heavy (non-hydrogen) atoms. The fourth-order valence-corrected chi connectivity index (χ4v) is 3.06. The Hall–Kier alpha value is -3.74. The minimum Gasteiger partial charge on any atom is -0.497 e. The maximum absolute atomic E-state index is 12.5. The van der Waals surface area contributed by atoms with Crippen LogP contribution in [0, 0.1) is 0 Å². The van der Waals surface area contributed by atoms with Gasteiger partial charge in [-0.05, 0) is 41.1 Å². The molecule has 1 heterocycles. The molecule has 0 radical (unpaired) electrons. The van der Waals surface area contributed by atoms with E-state index >= 15 is 0 Å². The molecule has 1 aliphatic rings. The average Bonchev–Trinajstić information content (AvgIpc) is 2.77. The Morgan fingerprint density at radius 2 is 1.83 bits per heavy atom. The van der Waals surface area contributed by atoms with Crippen molar-refractivity contribution in [2.45, 2.75) is 6.10 Å². The molecule has 0 saturated heterocycles. The first-order chi connectivity index (χ1) is 14.2. The van der Waals surface area contributed by atoms with Crippen LogP contribution in [0.1, 0.15) is 5.56 Å². The second-order valence-corrected chi connectivity index (χ2v) is 6.41. The number of methoxy groups -OCH3 is 2. The summed E-state index contributed by atoms with van der Waals surface area (Å²) in [7, 11) is 3.14. The molecular formula is C22H20N2O5. The van der Waals surface area contributed by atoms with E-state index in [1.54, 1.807) is 32.4 Å². The first-order valence-corrected chi connectivity index (χ1v) is 9.05. The van der Waals surface area contributed by atoms with Crippen molar-refractivity contribution in [3.8, 4) is 23.0 Å². The quantitative estimate of drug-likeness (QED) is 0.533. The number of amides is 1. The molecule has 0 bridgehead atoms. The number of fused-ring (bicyclic) bond motifs is 2. The van der Waals surface area contributed by atoms with Gasteiger partial charge in [0.2, 0.25) is 6.10 Å². The van der Waals surface area contributed by atoms with Crippen molar-refractivity contribution >= 4 is 22.9 Å². The molecule has 1 unspecified atom stereocenters. The van der Waals surface area contributed by atoms with E-state index in [1.807, 2.05) is 36.4 Å². The van der Waals surface area contributed by atoms with E-state index in [0.717, 1.165) is 10.8 Å². The average molecular weight is 392 g/mol. The molecule has 7 nitrogen and oxygen atoms in total. The number of nitrogens with zero attached hydrogens (tertiary/aromatic N) is 1. The highest BCUT2D eigenvalue weighted by Crippen LogP contribution is 2.35. The van der Waals surface area contributed by atoms with Gasteiger partial charge in [0.1, 0.15) is 18.1 Å². The summed E-state index contributed by atoms with van der Waals surface area (Å²) in [5.41, 5.74) is 3.16. The largest absolute Gasteiger partial charge is 0.497 e. The lowest BCUT2D eigenvalue weighted by Gasteiger charge is -2.25.